The summed E-state index contributed by atoms with van der Waals surface area (Å²) in [6.07, 6.45) is 0.288. The van der Waals surface area contributed by atoms with Crippen molar-refractivity contribution in [2.45, 2.75) is 26.0 Å². The topological polar surface area (TPSA) is 64.4 Å². The van der Waals surface area contributed by atoms with Gasteiger partial charge in [-0.05, 0) is 19.4 Å². The first-order chi connectivity index (χ1) is 7.66. The zero-order valence-corrected chi connectivity index (χ0v) is 9.30. The van der Waals surface area contributed by atoms with Gasteiger partial charge in [0, 0.05) is 18.6 Å². The Hall–Kier alpha value is -1.20. The number of aliphatic hydroxyl groups is 1. The van der Waals surface area contributed by atoms with E-state index in [4.69, 9.17) is 4.74 Å². The minimum Gasteiger partial charge on any atom is -0.391 e. The Labute approximate surface area is 93.7 Å². The van der Waals surface area contributed by atoms with E-state index in [1.165, 1.54) is 10.7 Å². The predicted molar refractivity (Wildman–Crippen MR) is 58.2 cm³/mol. The Kier molecular flexibility index (Phi) is 3.36. The van der Waals surface area contributed by atoms with Crippen molar-refractivity contribution < 1.29 is 9.84 Å². The Bertz CT molecular complexity index is 410. The van der Waals surface area contributed by atoms with Gasteiger partial charge in [0.2, 0.25) is 0 Å². The van der Waals surface area contributed by atoms with E-state index >= 15 is 0 Å². The average molecular weight is 224 g/mol. The van der Waals surface area contributed by atoms with Gasteiger partial charge in [0.25, 0.3) is 5.56 Å². The van der Waals surface area contributed by atoms with Gasteiger partial charge in [0.15, 0.2) is 0 Å². The quantitative estimate of drug-likeness (QED) is 0.781. The lowest BCUT2D eigenvalue weighted by Crippen LogP contribution is -2.33. The minimum atomic E-state index is -0.561. The molecule has 1 aromatic heterocycles. The summed E-state index contributed by atoms with van der Waals surface area (Å²) in [5.74, 6) is 0.120. The van der Waals surface area contributed by atoms with Gasteiger partial charge in [-0.2, -0.15) is 5.10 Å². The normalized spacial score (nSPS) is 22.2. The zero-order valence-electron chi connectivity index (χ0n) is 9.30. The Morgan fingerprint density at radius 1 is 1.69 bits per heavy atom. The van der Waals surface area contributed by atoms with Gasteiger partial charge in [0.1, 0.15) is 0 Å². The molecule has 0 radical (unpaired) electrons. The molecule has 1 aromatic rings. The monoisotopic (exact) mass is 224 g/mol. The molecule has 1 fully saturated rings. The lowest BCUT2D eigenvalue weighted by molar-refractivity contribution is 0.0734. The lowest BCUT2D eigenvalue weighted by Gasteiger charge is -2.16. The summed E-state index contributed by atoms with van der Waals surface area (Å²) in [6, 6.07) is 3.14. The molecule has 1 N–H and O–H groups in total. The van der Waals surface area contributed by atoms with Crippen LogP contribution in [0.4, 0.5) is 0 Å². The largest absolute Gasteiger partial charge is 0.391 e. The maximum absolute atomic E-state index is 11.5. The second kappa shape index (κ2) is 4.76. The Balaban J connectivity index is 2.07. The molecule has 0 amide bonds. The van der Waals surface area contributed by atoms with Crippen molar-refractivity contribution >= 4 is 0 Å². The number of nitrogens with zero attached hydrogens (tertiary/aromatic N) is 2. The fourth-order valence-corrected chi connectivity index (χ4v) is 1.86. The molecule has 0 saturated carbocycles. The van der Waals surface area contributed by atoms with Crippen LogP contribution in [0.25, 0.3) is 0 Å². The van der Waals surface area contributed by atoms with Crippen molar-refractivity contribution in [1.82, 2.24) is 9.78 Å². The van der Waals surface area contributed by atoms with Crippen molar-refractivity contribution in [3.05, 3.63) is 28.2 Å². The van der Waals surface area contributed by atoms with E-state index in [2.05, 4.69) is 5.10 Å². The molecule has 88 valence electrons. The second-order valence-electron chi connectivity index (χ2n) is 4.19. The van der Waals surface area contributed by atoms with Crippen LogP contribution in [0, 0.1) is 12.8 Å². The molecule has 0 bridgehead atoms. The molecular formula is C11H16N2O3. The van der Waals surface area contributed by atoms with Crippen LogP contribution in [-0.2, 0) is 11.3 Å². The number of hydrogen-bond donors (Lipinski definition) is 1. The first kappa shape index (κ1) is 11.3. The summed E-state index contributed by atoms with van der Waals surface area (Å²) in [5.41, 5.74) is 0.595. The second-order valence-corrected chi connectivity index (χ2v) is 4.19. The Morgan fingerprint density at radius 3 is 3.19 bits per heavy atom. The molecular weight excluding hydrogens is 208 g/mol. The van der Waals surface area contributed by atoms with E-state index in [9.17, 15) is 9.90 Å². The van der Waals surface area contributed by atoms with E-state index in [0.29, 0.717) is 13.2 Å². The van der Waals surface area contributed by atoms with Gasteiger partial charge in [-0.15, -0.1) is 0 Å². The van der Waals surface area contributed by atoms with Crippen LogP contribution in [0.3, 0.4) is 0 Å². The maximum atomic E-state index is 11.5. The van der Waals surface area contributed by atoms with E-state index in [1.807, 2.05) is 6.92 Å². The number of aliphatic hydroxyl groups excluding tert-OH is 1. The van der Waals surface area contributed by atoms with Gasteiger partial charge in [0.05, 0.1) is 24.9 Å². The molecule has 2 heterocycles. The van der Waals surface area contributed by atoms with Crippen molar-refractivity contribution in [3.63, 3.8) is 0 Å². The van der Waals surface area contributed by atoms with Crippen molar-refractivity contribution in [1.29, 1.82) is 0 Å². The van der Waals surface area contributed by atoms with E-state index in [0.717, 1.165) is 12.1 Å². The first-order valence-electron chi connectivity index (χ1n) is 5.47. The molecule has 0 aromatic carbocycles. The molecule has 1 aliphatic rings. The van der Waals surface area contributed by atoms with Crippen LogP contribution in [0.1, 0.15) is 12.1 Å². The molecule has 1 aliphatic heterocycles. The third-order valence-corrected chi connectivity index (χ3v) is 2.87. The van der Waals surface area contributed by atoms with Crippen molar-refractivity contribution in [3.8, 4) is 0 Å². The smallest absolute Gasteiger partial charge is 0.266 e. The minimum absolute atomic E-state index is 0.120. The van der Waals surface area contributed by atoms with E-state index in [1.54, 1.807) is 6.07 Å². The highest BCUT2D eigenvalue weighted by atomic mass is 16.5. The molecule has 2 atom stereocenters. The van der Waals surface area contributed by atoms with Crippen LogP contribution < -0.4 is 5.56 Å². The summed E-state index contributed by atoms with van der Waals surface area (Å²) in [6.45, 7) is 3.33. The van der Waals surface area contributed by atoms with Crippen LogP contribution in [0.15, 0.2) is 16.9 Å². The highest BCUT2D eigenvalue weighted by molar-refractivity contribution is 4.97. The number of hydrogen-bond acceptors (Lipinski definition) is 4. The summed E-state index contributed by atoms with van der Waals surface area (Å²) in [5, 5.41) is 14.0. The summed E-state index contributed by atoms with van der Waals surface area (Å²) < 4.78 is 6.52. The molecule has 1 saturated heterocycles. The highest BCUT2D eigenvalue weighted by Gasteiger charge is 2.24. The molecule has 2 unspecified atom stereocenters. The van der Waals surface area contributed by atoms with Crippen LogP contribution in [0.2, 0.25) is 0 Å². The standard InChI is InChI=1S/C11H16N2O3/c1-8-2-3-11(15)13(12-8)6-10(14)9-4-5-16-7-9/h2-3,9-10,14H,4-7H2,1H3. The summed E-state index contributed by atoms with van der Waals surface area (Å²) in [7, 11) is 0. The molecule has 0 aliphatic carbocycles. The zero-order chi connectivity index (χ0) is 11.5. The van der Waals surface area contributed by atoms with E-state index < -0.39 is 6.10 Å². The molecule has 2 rings (SSSR count). The van der Waals surface area contributed by atoms with Crippen LogP contribution in [-0.4, -0.2) is 34.2 Å². The van der Waals surface area contributed by atoms with Crippen molar-refractivity contribution in [2.75, 3.05) is 13.2 Å². The number of ether oxygens (including phenoxy) is 1. The van der Waals surface area contributed by atoms with Gasteiger partial charge in [-0.3, -0.25) is 4.79 Å². The SMILES string of the molecule is Cc1ccc(=O)n(CC(O)C2CCOC2)n1. The van der Waals surface area contributed by atoms with Gasteiger partial charge in [-0.25, -0.2) is 4.68 Å². The lowest BCUT2D eigenvalue weighted by atomic mass is 10.0. The van der Waals surface area contributed by atoms with Gasteiger partial charge in [-0.1, -0.05) is 0 Å². The molecule has 16 heavy (non-hydrogen) atoms. The summed E-state index contributed by atoms with van der Waals surface area (Å²) in [4.78, 5) is 11.5. The molecule has 0 spiro atoms. The van der Waals surface area contributed by atoms with Gasteiger partial charge >= 0.3 is 0 Å². The fourth-order valence-electron chi connectivity index (χ4n) is 1.86. The molecule has 5 nitrogen and oxygen atoms in total. The van der Waals surface area contributed by atoms with Gasteiger partial charge < -0.3 is 9.84 Å². The number of rotatable bonds is 3. The highest BCUT2D eigenvalue weighted by Crippen LogP contribution is 2.17. The van der Waals surface area contributed by atoms with Crippen LogP contribution in [0.5, 0.6) is 0 Å². The third-order valence-electron chi connectivity index (χ3n) is 2.87. The van der Waals surface area contributed by atoms with E-state index in [-0.39, 0.29) is 18.0 Å². The fraction of sp³-hybridized carbons (Fsp3) is 0.636. The number of aryl methyl sites for hydroxylation is 1. The first-order valence-corrected chi connectivity index (χ1v) is 5.47. The predicted octanol–water partition coefficient (Wildman–Crippen LogP) is -0.0509. The Morgan fingerprint density at radius 2 is 2.50 bits per heavy atom. The van der Waals surface area contributed by atoms with Crippen molar-refractivity contribution in [2.24, 2.45) is 5.92 Å². The third kappa shape index (κ3) is 2.48. The molecule has 5 heteroatoms. The maximum Gasteiger partial charge on any atom is 0.266 e. The van der Waals surface area contributed by atoms with Crippen LogP contribution >= 0.6 is 0 Å². The number of aromatic nitrogens is 2. The summed E-state index contributed by atoms with van der Waals surface area (Å²) >= 11 is 0. The average Bonchev–Trinajstić information content (AvgIpc) is 2.76.